The van der Waals surface area contributed by atoms with Crippen molar-refractivity contribution in [1.82, 2.24) is 15.3 Å². The van der Waals surface area contributed by atoms with Gasteiger partial charge in [0, 0.05) is 19.4 Å². The van der Waals surface area contributed by atoms with E-state index in [4.69, 9.17) is 0 Å². The minimum atomic E-state index is -0.658. The van der Waals surface area contributed by atoms with Crippen molar-refractivity contribution in [2.45, 2.75) is 19.9 Å². The number of carbonyl (C=O) groups excluding carboxylic acids is 1. The number of carbonyl (C=O) groups is 1. The SMILES string of the molecule is CCc1cccnc1CNC(=O)c1ccnc(NC)c1F. The number of nitrogens with one attached hydrogen (secondary N) is 2. The zero-order valence-corrected chi connectivity index (χ0v) is 12.0. The van der Waals surface area contributed by atoms with Crippen LogP contribution in [0.2, 0.25) is 0 Å². The van der Waals surface area contributed by atoms with Crippen LogP contribution in [0.25, 0.3) is 0 Å². The van der Waals surface area contributed by atoms with Gasteiger partial charge in [0.05, 0.1) is 17.8 Å². The molecule has 2 N–H and O–H groups in total. The van der Waals surface area contributed by atoms with E-state index in [2.05, 4.69) is 20.6 Å². The van der Waals surface area contributed by atoms with Gasteiger partial charge in [-0.15, -0.1) is 0 Å². The van der Waals surface area contributed by atoms with Crippen molar-refractivity contribution in [3.63, 3.8) is 0 Å². The molecule has 21 heavy (non-hydrogen) atoms. The molecular formula is C15H17FN4O. The summed E-state index contributed by atoms with van der Waals surface area (Å²) in [4.78, 5) is 20.1. The molecule has 0 unspecified atom stereocenters. The van der Waals surface area contributed by atoms with E-state index in [1.165, 1.54) is 12.3 Å². The van der Waals surface area contributed by atoms with Crippen molar-refractivity contribution >= 4 is 11.7 Å². The first-order valence-electron chi connectivity index (χ1n) is 6.70. The molecule has 110 valence electrons. The van der Waals surface area contributed by atoms with Crippen molar-refractivity contribution in [3.05, 3.63) is 53.2 Å². The van der Waals surface area contributed by atoms with Gasteiger partial charge < -0.3 is 10.6 Å². The van der Waals surface area contributed by atoms with Crippen LogP contribution in [0.1, 0.15) is 28.5 Å². The molecule has 0 aromatic carbocycles. The van der Waals surface area contributed by atoms with Crippen molar-refractivity contribution in [2.75, 3.05) is 12.4 Å². The molecule has 0 aliphatic heterocycles. The molecule has 0 fully saturated rings. The molecular weight excluding hydrogens is 271 g/mol. The summed E-state index contributed by atoms with van der Waals surface area (Å²) in [6.45, 7) is 2.28. The number of amides is 1. The van der Waals surface area contributed by atoms with E-state index in [1.807, 2.05) is 19.1 Å². The van der Waals surface area contributed by atoms with E-state index < -0.39 is 11.7 Å². The predicted molar refractivity (Wildman–Crippen MR) is 78.5 cm³/mol. The maximum absolute atomic E-state index is 14.0. The first kappa shape index (κ1) is 14.9. The molecule has 6 heteroatoms. The van der Waals surface area contributed by atoms with Crippen molar-refractivity contribution in [3.8, 4) is 0 Å². The molecule has 0 spiro atoms. The van der Waals surface area contributed by atoms with Crippen LogP contribution in [0.4, 0.5) is 10.2 Å². The van der Waals surface area contributed by atoms with Gasteiger partial charge in [-0.3, -0.25) is 9.78 Å². The lowest BCUT2D eigenvalue weighted by atomic mass is 10.1. The Labute approximate surface area is 122 Å². The van der Waals surface area contributed by atoms with Crippen molar-refractivity contribution in [1.29, 1.82) is 0 Å². The number of hydrogen-bond acceptors (Lipinski definition) is 4. The molecule has 5 nitrogen and oxygen atoms in total. The normalized spacial score (nSPS) is 10.2. The molecule has 0 atom stereocenters. The summed E-state index contributed by atoms with van der Waals surface area (Å²) in [5.74, 6) is -1.09. The average molecular weight is 288 g/mol. The highest BCUT2D eigenvalue weighted by Gasteiger charge is 2.15. The van der Waals surface area contributed by atoms with Crippen LogP contribution in [0.3, 0.4) is 0 Å². The Balaban J connectivity index is 2.12. The van der Waals surface area contributed by atoms with Crippen LogP contribution in [0, 0.1) is 5.82 Å². The Hall–Kier alpha value is -2.50. The largest absolute Gasteiger partial charge is 0.371 e. The Morgan fingerprint density at radius 3 is 2.81 bits per heavy atom. The van der Waals surface area contributed by atoms with Gasteiger partial charge in [-0.2, -0.15) is 0 Å². The Morgan fingerprint density at radius 1 is 1.29 bits per heavy atom. The van der Waals surface area contributed by atoms with Crippen LogP contribution in [0.15, 0.2) is 30.6 Å². The summed E-state index contributed by atoms with van der Waals surface area (Å²) in [6, 6.07) is 5.16. The van der Waals surface area contributed by atoms with E-state index in [-0.39, 0.29) is 17.9 Å². The number of aromatic nitrogens is 2. The first-order valence-corrected chi connectivity index (χ1v) is 6.70. The second-order valence-corrected chi connectivity index (χ2v) is 4.42. The van der Waals surface area contributed by atoms with E-state index in [0.29, 0.717) is 0 Å². The van der Waals surface area contributed by atoms with Gasteiger partial charge in [0.2, 0.25) is 0 Å². The Morgan fingerprint density at radius 2 is 2.10 bits per heavy atom. The van der Waals surface area contributed by atoms with E-state index in [9.17, 15) is 9.18 Å². The molecule has 0 aliphatic carbocycles. The molecule has 1 amide bonds. The van der Waals surface area contributed by atoms with Crippen molar-refractivity contribution in [2.24, 2.45) is 0 Å². The van der Waals surface area contributed by atoms with Crippen LogP contribution in [0.5, 0.6) is 0 Å². The van der Waals surface area contributed by atoms with Gasteiger partial charge in [0.15, 0.2) is 11.6 Å². The lowest BCUT2D eigenvalue weighted by Crippen LogP contribution is -2.25. The smallest absolute Gasteiger partial charge is 0.254 e. The van der Waals surface area contributed by atoms with Gasteiger partial charge in [0.25, 0.3) is 5.91 Å². The lowest BCUT2D eigenvalue weighted by molar-refractivity contribution is 0.0946. The quantitative estimate of drug-likeness (QED) is 0.884. The standard InChI is InChI=1S/C15H17FN4O/c1-3-10-5-4-7-18-12(10)9-20-15(21)11-6-8-19-14(17-2)13(11)16/h4-8H,3,9H2,1-2H3,(H,17,19)(H,20,21). The van der Waals surface area contributed by atoms with Crippen LogP contribution in [-0.2, 0) is 13.0 Å². The number of pyridine rings is 2. The summed E-state index contributed by atoms with van der Waals surface area (Å²) >= 11 is 0. The third-order valence-corrected chi connectivity index (χ3v) is 3.15. The van der Waals surface area contributed by atoms with Gasteiger partial charge in [-0.25, -0.2) is 9.37 Å². The predicted octanol–water partition coefficient (Wildman–Crippen LogP) is 2.15. The highest BCUT2D eigenvalue weighted by atomic mass is 19.1. The van der Waals surface area contributed by atoms with E-state index in [1.54, 1.807) is 13.2 Å². The molecule has 2 rings (SSSR count). The lowest BCUT2D eigenvalue weighted by Gasteiger charge is -2.10. The molecule has 0 aliphatic rings. The third-order valence-electron chi connectivity index (χ3n) is 3.15. The zero-order chi connectivity index (χ0) is 15.2. The summed E-state index contributed by atoms with van der Waals surface area (Å²) in [7, 11) is 1.55. The number of hydrogen-bond donors (Lipinski definition) is 2. The average Bonchev–Trinajstić information content (AvgIpc) is 2.53. The zero-order valence-electron chi connectivity index (χ0n) is 12.0. The summed E-state index contributed by atoms with van der Waals surface area (Å²) in [5.41, 5.74) is 1.81. The fourth-order valence-corrected chi connectivity index (χ4v) is 2.01. The summed E-state index contributed by atoms with van der Waals surface area (Å²) in [6.07, 6.45) is 3.89. The van der Waals surface area contributed by atoms with Crippen LogP contribution >= 0.6 is 0 Å². The van der Waals surface area contributed by atoms with Gasteiger partial charge in [0.1, 0.15) is 0 Å². The molecule has 2 heterocycles. The Bertz CT molecular complexity index is 645. The number of aryl methyl sites for hydroxylation is 1. The second-order valence-electron chi connectivity index (χ2n) is 4.42. The maximum Gasteiger partial charge on any atom is 0.254 e. The van der Waals surface area contributed by atoms with Gasteiger partial charge in [-0.1, -0.05) is 13.0 Å². The highest BCUT2D eigenvalue weighted by Crippen LogP contribution is 2.14. The minimum Gasteiger partial charge on any atom is -0.371 e. The number of anilines is 1. The fraction of sp³-hybridized carbons (Fsp3) is 0.267. The maximum atomic E-state index is 14.0. The molecule has 0 saturated heterocycles. The van der Waals surface area contributed by atoms with Gasteiger partial charge >= 0.3 is 0 Å². The number of rotatable bonds is 5. The first-order chi connectivity index (χ1) is 10.2. The number of nitrogens with zero attached hydrogens (tertiary/aromatic N) is 2. The summed E-state index contributed by atoms with van der Waals surface area (Å²) in [5, 5.41) is 5.29. The topological polar surface area (TPSA) is 66.9 Å². The van der Waals surface area contributed by atoms with E-state index in [0.717, 1.165) is 17.7 Å². The summed E-state index contributed by atoms with van der Waals surface area (Å²) < 4.78 is 14.0. The molecule has 2 aromatic rings. The second kappa shape index (κ2) is 6.78. The molecule has 0 saturated carbocycles. The third kappa shape index (κ3) is 3.34. The fourth-order valence-electron chi connectivity index (χ4n) is 2.01. The Kier molecular flexibility index (Phi) is 4.81. The number of halogens is 1. The van der Waals surface area contributed by atoms with Crippen LogP contribution < -0.4 is 10.6 Å². The molecule has 2 aromatic heterocycles. The molecule has 0 bridgehead atoms. The minimum absolute atomic E-state index is 0.0386. The van der Waals surface area contributed by atoms with Crippen molar-refractivity contribution < 1.29 is 9.18 Å². The van der Waals surface area contributed by atoms with Gasteiger partial charge in [-0.05, 0) is 24.1 Å². The molecule has 0 radical (unpaired) electrons. The van der Waals surface area contributed by atoms with E-state index >= 15 is 0 Å². The highest BCUT2D eigenvalue weighted by molar-refractivity contribution is 5.95. The van der Waals surface area contributed by atoms with Crippen LogP contribution in [-0.4, -0.2) is 22.9 Å². The monoisotopic (exact) mass is 288 g/mol.